The molecular weight excluding hydrogens is 615 g/mol. The highest BCUT2D eigenvalue weighted by Gasteiger charge is 2.44. The predicted molar refractivity (Wildman–Crippen MR) is 217 cm³/mol. The van der Waals surface area contributed by atoms with E-state index in [1.54, 1.807) is 0 Å². The van der Waals surface area contributed by atoms with Crippen LogP contribution in [0.4, 0.5) is 34.1 Å². The Morgan fingerprint density at radius 2 is 0.824 bits per heavy atom. The summed E-state index contributed by atoms with van der Waals surface area (Å²) >= 11 is 0. The number of para-hydroxylation sites is 2. The summed E-state index contributed by atoms with van der Waals surface area (Å²) in [6, 6.07) is 63.2. The molecule has 2 nitrogen and oxygen atoms in total. The monoisotopic (exact) mass is 654 g/mol. The predicted octanol–water partition coefficient (Wildman–Crippen LogP) is 11.2. The smallest absolute Gasteiger partial charge is 0.252 e. The molecule has 7 aromatic rings. The van der Waals surface area contributed by atoms with Gasteiger partial charge in [-0.3, -0.25) is 0 Å². The van der Waals surface area contributed by atoms with Crippen LogP contribution in [0.1, 0.15) is 43.6 Å². The number of nitrogens with zero attached hydrogens (tertiary/aromatic N) is 2. The second-order valence-corrected chi connectivity index (χ2v) is 14.4. The highest BCUT2D eigenvalue weighted by molar-refractivity contribution is 7.00. The highest BCUT2D eigenvalue weighted by Crippen LogP contribution is 2.47. The van der Waals surface area contributed by atoms with E-state index in [0.29, 0.717) is 5.92 Å². The second-order valence-electron chi connectivity index (χ2n) is 14.4. The average molecular weight is 655 g/mol. The van der Waals surface area contributed by atoms with Gasteiger partial charge in [0.1, 0.15) is 0 Å². The largest absolute Gasteiger partial charge is 0.311 e. The molecule has 0 aromatic heterocycles. The van der Waals surface area contributed by atoms with Gasteiger partial charge in [-0.05, 0) is 111 Å². The van der Waals surface area contributed by atoms with E-state index in [-0.39, 0.29) is 6.71 Å². The number of fused-ring (bicyclic) bond motifs is 4. The molecule has 10 rings (SSSR count). The first-order valence-electron chi connectivity index (χ1n) is 18.6. The molecule has 0 radical (unpaired) electrons. The Morgan fingerprint density at radius 1 is 0.392 bits per heavy atom. The van der Waals surface area contributed by atoms with E-state index in [4.69, 9.17) is 0 Å². The molecule has 51 heavy (non-hydrogen) atoms. The molecule has 1 aliphatic carbocycles. The van der Waals surface area contributed by atoms with E-state index < -0.39 is 0 Å². The van der Waals surface area contributed by atoms with Crippen LogP contribution in [0.3, 0.4) is 0 Å². The van der Waals surface area contributed by atoms with Gasteiger partial charge in [0.2, 0.25) is 0 Å². The molecule has 2 aliphatic heterocycles. The van der Waals surface area contributed by atoms with Gasteiger partial charge in [-0.25, -0.2) is 0 Å². The minimum absolute atomic E-state index is 0.0926. The number of benzene rings is 7. The maximum atomic E-state index is 2.57. The minimum atomic E-state index is 0.0926. The minimum Gasteiger partial charge on any atom is -0.311 e. The molecule has 1 fully saturated rings. The lowest BCUT2D eigenvalue weighted by atomic mass is 9.33. The third-order valence-electron chi connectivity index (χ3n) is 11.4. The van der Waals surface area contributed by atoms with E-state index in [1.807, 2.05) is 0 Å². The van der Waals surface area contributed by atoms with Crippen LogP contribution in [0.15, 0.2) is 170 Å². The van der Waals surface area contributed by atoms with Gasteiger partial charge in [-0.15, -0.1) is 0 Å². The van der Waals surface area contributed by atoms with Gasteiger partial charge in [-0.2, -0.15) is 0 Å². The van der Waals surface area contributed by atoms with Crippen LogP contribution < -0.4 is 26.2 Å². The molecule has 3 heteroatoms. The van der Waals surface area contributed by atoms with Crippen molar-refractivity contribution in [3.05, 3.63) is 175 Å². The molecule has 0 N–H and O–H groups in total. The molecule has 0 amide bonds. The van der Waals surface area contributed by atoms with Crippen molar-refractivity contribution in [3.8, 4) is 22.3 Å². The molecule has 2 heterocycles. The van der Waals surface area contributed by atoms with Gasteiger partial charge in [0.15, 0.2) is 0 Å². The summed E-state index contributed by atoms with van der Waals surface area (Å²) in [5, 5.41) is 0. The van der Waals surface area contributed by atoms with Gasteiger partial charge < -0.3 is 9.80 Å². The van der Waals surface area contributed by atoms with Gasteiger partial charge in [0, 0.05) is 34.1 Å². The Balaban J connectivity index is 1.29. The average Bonchev–Trinajstić information content (AvgIpc) is 3.21. The normalized spacial score (nSPS) is 14.9. The standard InChI is InChI=1S/C48H39BN2/c1-6-16-34(17-7-1)37-26-28-42-44(30-37)50(40-22-12-4-13-23-40)46-32-39(36-20-10-3-11-21-36)33-47-48(46)49(42)43-29-27-38(35-18-8-2-9-19-35)31-45(43)51(47)41-24-14-5-15-25-41/h1-2,4-9,12-19,22-33,36H,3,10-11,20-21H2. The topological polar surface area (TPSA) is 6.48 Å². The zero-order valence-electron chi connectivity index (χ0n) is 28.8. The Kier molecular flexibility index (Phi) is 7.38. The molecule has 244 valence electrons. The lowest BCUT2D eigenvalue weighted by Crippen LogP contribution is -2.61. The molecule has 7 aromatic carbocycles. The highest BCUT2D eigenvalue weighted by atomic mass is 15.2. The molecule has 0 saturated heterocycles. The fourth-order valence-electron chi connectivity index (χ4n) is 9.01. The SMILES string of the molecule is c1ccc(-c2ccc3c(c2)N(c2ccccc2)c2cc(C4CCCCC4)cc4c2B3c2ccc(-c3ccccc3)cc2N4c2ccccc2)cc1. The Bertz CT molecular complexity index is 2190. The lowest BCUT2D eigenvalue weighted by Gasteiger charge is -2.45. The van der Waals surface area contributed by atoms with Crippen molar-refractivity contribution in [2.45, 2.75) is 38.0 Å². The third kappa shape index (κ3) is 5.10. The second kappa shape index (κ2) is 12.5. The molecule has 1 saturated carbocycles. The molecule has 0 spiro atoms. The fourth-order valence-corrected chi connectivity index (χ4v) is 9.01. The summed E-state index contributed by atoms with van der Waals surface area (Å²) in [5.74, 6) is 0.558. The first-order chi connectivity index (χ1) is 25.3. The Labute approximate surface area is 301 Å². The van der Waals surface area contributed by atoms with Gasteiger partial charge in [0.05, 0.1) is 0 Å². The van der Waals surface area contributed by atoms with Crippen molar-refractivity contribution in [1.29, 1.82) is 0 Å². The summed E-state index contributed by atoms with van der Waals surface area (Å²) in [6.45, 7) is 0.0926. The van der Waals surface area contributed by atoms with E-state index >= 15 is 0 Å². The van der Waals surface area contributed by atoms with Crippen molar-refractivity contribution < 1.29 is 0 Å². The quantitative estimate of drug-likeness (QED) is 0.170. The number of rotatable bonds is 5. The van der Waals surface area contributed by atoms with E-state index in [1.165, 1.54) is 110 Å². The summed E-state index contributed by atoms with van der Waals surface area (Å²) < 4.78 is 0. The van der Waals surface area contributed by atoms with Crippen molar-refractivity contribution >= 4 is 57.2 Å². The first-order valence-corrected chi connectivity index (χ1v) is 18.6. The van der Waals surface area contributed by atoms with Crippen molar-refractivity contribution in [3.63, 3.8) is 0 Å². The Hall–Kier alpha value is -5.80. The van der Waals surface area contributed by atoms with E-state index in [9.17, 15) is 0 Å². The number of hydrogen-bond donors (Lipinski definition) is 0. The van der Waals surface area contributed by atoms with Gasteiger partial charge >= 0.3 is 0 Å². The molecule has 3 aliphatic rings. The van der Waals surface area contributed by atoms with Crippen LogP contribution in [0, 0.1) is 0 Å². The van der Waals surface area contributed by atoms with Crippen molar-refractivity contribution in [2.75, 3.05) is 9.80 Å². The maximum Gasteiger partial charge on any atom is 0.252 e. The van der Waals surface area contributed by atoms with Gasteiger partial charge in [0.25, 0.3) is 6.71 Å². The van der Waals surface area contributed by atoms with E-state index in [2.05, 4.69) is 180 Å². The first kappa shape index (κ1) is 30.1. The van der Waals surface area contributed by atoms with Crippen LogP contribution >= 0.6 is 0 Å². The van der Waals surface area contributed by atoms with Crippen LogP contribution in [0.25, 0.3) is 22.3 Å². The number of anilines is 6. The summed E-state index contributed by atoms with van der Waals surface area (Å²) in [7, 11) is 0. The van der Waals surface area contributed by atoms with Crippen molar-refractivity contribution in [2.24, 2.45) is 0 Å². The molecule has 0 unspecified atom stereocenters. The number of hydrogen-bond acceptors (Lipinski definition) is 2. The van der Waals surface area contributed by atoms with Crippen LogP contribution in [0.5, 0.6) is 0 Å². The summed E-state index contributed by atoms with van der Waals surface area (Å²) in [5.41, 5.74) is 18.0. The van der Waals surface area contributed by atoms with Gasteiger partial charge in [-0.1, -0.05) is 141 Å². The molecule has 0 bridgehead atoms. The summed E-state index contributed by atoms with van der Waals surface area (Å²) in [4.78, 5) is 5.13. The molecular formula is C48H39BN2. The zero-order chi connectivity index (χ0) is 33.7. The van der Waals surface area contributed by atoms with Crippen LogP contribution in [-0.2, 0) is 0 Å². The summed E-state index contributed by atoms with van der Waals surface area (Å²) in [6.07, 6.45) is 6.45. The fraction of sp³-hybridized carbons (Fsp3) is 0.125. The Morgan fingerprint density at radius 3 is 1.27 bits per heavy atom. The maximum absolute atomic E-state index is 2.57. The van der Waals surface area contributed by atoms with Crippen LogP contribution in [-0.4, -0.2) is 6.71 Å². The molecule has 0 atom stereocenters. The van der Waals surface area contributed by atoms with Crippen LogP contribution in [0.2, 0.25) is 0 Å². The third-order valence-corrected chi connectivity index (χ3v) is 11.4. The van der Waals surface area contributed by atoms with Crippen molar-refractivity contribution in [1.82, 2.24) is 0 Å². The lowest BCUT2D eigenvalue weighted by molar-refractivity contribution is 0.444. The zero-order valence-corrected chi connectivity index (χ0v) is 28.8. The van der Waals surface area contributed by atoms with E-state index in [0.717, 1.165) is 0 Å².